The molecule has 1 aromatic heterocycles. The van der Waals surface area contributed by atoms with Gasteiger partial charge in [0.25, 0.3) is 5.91 Å². The Bertz CT molecular complexity index is 928. The average Bonchev–Trinajstić information content (AvgIpc) is 3.25. The third-order valence-corrected chi connectivity index (χ3v) is 5.80. The summed E-state index contributed by atoms with van der Waals surface area (Å²) >= 11 is 0. The zero-order chi connectivity index (χ0) is 21.6. The molecule has 0 saturated carbocycles. The molecule has 2 aromatic rings. The van der Waals surface area contributed by atoms with Gasteiger partial charge in [0, 0.05) is 51.4 Å². The van der Waals surface area contributed by atoms with E-state index in [-0.39, 0.29) is 17.8 Å². The molecule has 3 heterocycles. The van der Waals surface area contributed by atoms with E-state index in [0.717, 1.165) is 41.8 Å². The largest absolute Gasteiger partial charge is 0.491 e. The fourth-order valence-electron chi connectivity index (χ4n) is 4.12. The van der Waals surface area contributed by atoms with E-state index in [0.29, 0.717) is 56.9 Å². The summed E-state index contributed by atoms with van der Waals surface area (Å²) in [6, 6.07) is 7.24. The SMILES string of the molecule is COCCCc1ccc(Cc2cc(C(=O)NC3CCOCC3)nc3c2OCC3)cc1F. The molecule has 4 rings (SSSR count). The summed E-state index contributed by atoms with van der Waals surface area (Å²) in [7, 11) is 1.65. The van der Waals surface area contributed by atoms with Crippen LogP contribution in [0.2, 0.25) is 0 Å². The van der Waals surface area contributed by atoms with Gasteiger partial charge >= 0.3 is 0 Å². The fraction of sp³-hybridized carbons (Fsp3) is 0.500. The maximum atomic E-state index is 14.6. The minimum atomic E-state index is -0.210. The molecule has 0 radical (unpaired) electrons. The first kappa shape index (κ1) is 21.7. The number of ether oxygens (including phenoxy) is 3. The van der Waals surface area contributed by atoms with E-state index in [2.05, 4.69) is 10.3 Å². The van der Waals surface area contributed by atoms with E-state index in [4.69, 9.17) is 14.2 Å². The molecule has 0 spiro atoms. The first-order valence-corrected chi connectivity index (χ1v) is 10.9. The summed E-state index contributed by atoms with van der Waals surface area (Å²) in [4.78, 5) is 17.4. The Morgan fingerprint density at radius 2 is 2.06 bits per heavy atom. The van der Waals surface area contributed by atoms with Crippen molar-refractivity contribution in [3.63, 3.8) is 0 Å². The molecule has 2 aliphatic heterocycles. The van der Waals surface area contributed by atoms with Crippen molar-refractivity contribution in [3.8, 4) is 5.75 Å². The molecule has 7 heteroatoms. The molecule has 0 aliphatic carbocycles. The minimum Gasteiger partial charge on any atom is -0.491 e. The zero-order valence-electron chi connectivity index (χ0n) is 17.9. The van der Waals surface area contributed by atoms with Crippen LogP contribution in [0.4, 0.5) is 4.39 Å². The fourth-order valence-corrected chi connectivity index (χ4v) is 4.12. The number of benzene rings is 1. The van der Waals surface area contributed by atoms with Crippen molar-refractivity contribution >= 4 is 5.91 Å². The van der Waals surface area contributed by atoms with Crippen molar-refractivity contribution < 1.29 is 23.4 Å². The van der Waals surface area contributed by atoms with Crippen LogP contribution < -0.4 is 10.1 Å². The summed E-state index contributed by atoms with van der Waals surface area (Å²) in [5, 5.41) is 3.07. The molecule has 6 nitrogen and oxygen atoms in total. The van der Waals surface area contributed by atoms with Gasteiger partial charge in [-0.3, -0.25) is 4.79 Å². The van der Waals surface area contributed by atoms with E-state index in [1.807, 2.05) is 12.1 Å². The van der Waals surface area contributed by atoms with Crippen LogP contribution in [0.25, 0.3) is 0 Å². The number of carbonyl (C=O) groups is 1. The lowest BCUT2D eigenvalue weighted by Gasteiger charge is -2.23. The molecular weight excluding hydrogens is 399 g/mol. The molecule has 2 aliphatic rings. The van der Waals surface area contributed by atoms with Crippen molar-refractivity contribution in [1.82, 2.24) is 10.3 Å². The summed E-state index contributed by atoms with van der Waals surface area (Å²) in [5.74, 6) is 0.340. The molecule has 166 valence electrons. The first-order valence-electron chi connectivity index (χ1n) is 10.9. The number of aromatic nitrogens is 1. The number of hydrogen-bond acceptors (Lipinski definition) is 5. The van der Waals surface area contributed by atoms with Crippen LogP contribution in [-0.2, 0) is 28.7 Å². The number of halogens is 1. The molecule has 1 fully saturated rings. The van der Waals surface area contributed by atoms with Gasteiger partial charge in [0.1, 0.15) is 17.3 Å². The molecular formula is C24H29FN2O4. The number of nitrogens with one attached hydrogen (secondary N) is 1. The lowest BCUT2D eigenvalue weighted by atomic mass is 9.99. The number of nitrogens with zero attached hydrogens (tertiary/aromatic N) is 1. The lowest BCUT2D eigenvalue weighted by Crippen LogP contribution is -2.39. The predicted octanol–water partition coefficient (Wildman–Crippen LogP) is 3.23. The second kappa shape index (κ2) is 10.2. The zero-order valence-corrected chi connectivity index (χ0v) is 17.9. The molecule has 1 amide bonds. The Balaban J connectivity index is 1.51. The third-order valence-electron chi connectivity index (χ3n) is 5.80. The van der Waals surface area contributed by atoms with Gasteiger partial charge < -0.3 is 19.5 Å². The van der Waals surface area contributed by atoms with Gasteiger partial charge in [-0.05, 0) is 48.9 Å². The highest BCUT2D eigenvalue weighted by atomic mass is 19.1. The summed E-state index contributed by atoms with van der Waals surface area (Å²) in [6.45, 7) is 2.48. The van der Waals surface area contributed by atoms with Crippen LogP contribution in [0.3, 0.4) is 0 Å². The van der Waals surface area contributed by atoms with Crippen molar-refractivity contribution in [2.24, 2.45) is 0 Å². The van der Waals surface area contributed by atoms with Crippen LogP contribution >= 0.6 is 0 Å². The molecule has 0 bridgehead atoms. The lowest BCUT2D eigenvalue weighted by molar-refractivity contribution is 0.0694. The van der Waals surface area contributed by atoms with Gasteiger partial charge in [-0.15, -0.1) is 0 Å². The number of carbonyl (C=O) groups excluding carboxylic acids is 1. The second-order valence-corrected chi connectivity index (χ2v) is 8.10. The summed E-state index contributed by atoms with van der Waals surface area (Å²) < 4.78 is 30.8. The summed E-state index contributed by atoms with van der Waals surface area (Å²) in [6.07, 6.45) is 4.20. The van der Waals surface area contributed by atoms with E-state index in [1.54, 1.807) is 19.2 Å². The Kier molecular flexibility index (Phi) is 7.14. The van der Waals surface area contributed by atoms with Crippen molar-refractivity contribution in [2.45, 2.75) is 44.6 Å². The van der Waals surface area contributed by atoms with E-state index in [1.165, 1.54) is 0 Å². The van der Waals surface area contributed by atoms with Crippen LogP contribution in [-0.4, -0.2) is 50.5 Å². The molecule has 1 saturated heterocycles. The second-order valence-electron chi connectivity index (χ2n) is 8.10. The van der Waals surface area contributed by atoms with E-state index >= 15 is 0 Å². The monoisotopic (exact) mass is 428 g/mol. The van der Waals surface area contributed by atoms with Gasteiger partial charge in [0.2, 0.25) is 0 Å². The van der Waals surface area contributed by atoms with Crippen molar-refractivity contribution in [2.75, 3.05) is 33.5 Å². The van der Waals surface area contributed by atoms with Gasteiger partial charge in [-0.25, -0.2) is 9.37 Å². The highest BCUT2D eigenvalue weighted by molar-refractivity contribution is 5.93. The highest BCUT2D eigenvalue weighted by Gasteiger charge is 2.24. The predicted molar refractivity (Wildman–Crippen MR) is 114 cm³/mol. The molecule has 0 atom stereocenters. The summed E-state index contributed by atoms with van der Waals surface area (Å²) in [5.41, 5.74) is 3.58. The molecule has 1 N–H and O–H groups in total. The normalized spacial score (nSPS) is 16.1. The Morgan fingerprint density at radius 1 is 1.23 bits per heavy atom. The maximum absolute atomic E-state index is 14.6. The van der Waals surface area contributed by atoms with Crippen LogP contribution in [0.1, 0.15) is 52.1 Å². The van der Waals surface area contributed by atoms with Gasteiger partial charge in [-0.2, -0.15) is 0 Å². The Hall–Kier alpha value is -2.51. The number of fused-ring (bicyclic) bond motifs is 1. The Morgan fingerprint density at radius 3 is 2.84 bits per heavy atom. The standard InChI is InChI=1S/C24H29FN2O4/c1-29-9-2-3-17-5-4-16(14-20(17)25)13-18-15-22(27-21-8-12-31-23(18)21)24(28)26-19-6-10-30-11-7-19/h4-5,14-15,19H,2-3,6-13H2,1H3,(H,26,28). The molecule has 31 heavy (non-hydrogen) atoms. The number of aryl methyl sites for hydroxylation is 1. The number of rotatable bonds is 8. The minimum absolute atomic E-state index is 0.107. The van der Waals surface area contributed by atoms with Crippen LogP contribution in [0.15, 0.2) is 24.3 Å². The smallest absolute Gasteiger partial charge is 0.270 e. The van der Waals surface area contributed by atoms with Crippen LogP contribution in [0.5, 0.6) is 5.75 Å². The topological polar surface area (TPSA) is 69.7 Å². The Labute approximate surface area is 182 Å². The quantitative estimate of drug-likeness (QED) is 0.654. The highest BCUT2D eigenvalue weighted by Crippen LogP contribution is 2.31. The average molecular weight is 429 g/mol. The van der Waals surface area contributed by atoms with E-state index < -0.39 is 0 Å². The van der Waals surface area contributed by atoms with Crippen molar-refractivity contribution in [3.05, 3.63) is 58.2 Å². The number of pyridine rings is 1. The number of methoxy groups -OCH3 is 1. The van der Waals surface area contributed by atoms with Gasteiger partial charge in [0.05, 0.1) is 12.3 Å². The number of hydrogen-bond donors (Lipinski definition) is 1. The van der Waals surface area contributed by atoms with E-state index in [9.17, 15) is 9.18 Å². The van der Waals surface area contributed by atoms with Gasteiger partial charge in [0.15, 0.2) is 0 Å². The maximum Gasteiger partial charge on any atom is 0.270 e. The molecule has 0 unspecified atom stereocenters. The number of amides is 1. The van der Waals surface area contributed by atoms with Crippen molar-refractivity contribution in [1.29, 1.82) is 0 Å². The third kappa shape index (κ3) is 5.40. The van der Waals surface area contributed by atoms with Crippen LogP contribution in [0, 0.1) is 5.82 Å². The first-order chi connectivity index (χ1) is 15.1. The molecule has 1 aromatic carbocycles. The van der Waals surface area contributed by atoms with Gasteiger partial charge in [-0.1, -0.05) is 12.1 Å².